The van der Waals surface area contributed by atoms with Gasteiger partial charge >= 0.3 is 0 Å². The molecule has 17 heavy (non-hydrogen) atoms. The van der Waals surface area contributed by atoms with Gasteiger partial charge in [-0.1, -0.05) is 28.1 Å². The lowest BCUT2D eigenvalue weighted by Crippen LogP contribution is -2.04. The van der Waals surface area contributed by atoms with Crippen molar-refractivity contribution in [3.05, 3.63) is 64.1 Å². The zero-order chi connectivity index (χ0) is 12.3. The predicted octanol–water partition coefficient (Wildman–Crippen LogP) is 3.41. The van der Waals surface area contributed by atoms with Crippen LogP contribution in [0.4, 0.5) is 4.39 Å². The Morgan fingerprint density at radius 3 is 2.82 bits per heavy atom. The molecule has 0 aliphatic rings. The van der Waals surface area contributed by atoms with Crippen LogP contribution < -0.4 is 0 Å². The summed E-state index contributed by atoms with van der Waals surface area (Å²) in [5.41, 5.74) is 1.18. The molecule has 0 saturated carbocycles. The topological polar surface area (TPSA) is 30.0 Å². The average Bonchev–Trinajstić information content (AvgIpc) is 2.29. The van der Waals surface area contributed by atoms with Crippen molar-refractivity contribution in [1.82, 2.24) is 4.98 Å². The number of benzene rings is 1. The van der Waals surface area contributed by atoms with Gasteiger partial charge in [-0.2, -0.15) is 0 Å². The van der Waals surface area contributed by atoms with Crippen LogP contribution in [0.3, 0.4) is 0 Å². The minimum absolute atomic E-state index is 0.143. The Bertz CT molecular complexity index is 557. The van der Waals surface area contributed by atoms with Crippen LogP contribution in [0, 0.1) is 5.82 Å². The summed E-state index contributed by atoms with van der Waals surface area (Å²) in [5.74, 6) is -0.639. The Morgan fingerprint density at radius 1 is 1.29 bits per heavy atom. The summed E-state index contributed by atoms with van der Waals surface area (Å²) in [6.45, 7) is 0. The SMILES string of the molecule is O=C(Cc1cccc(Br)c1)c1cncc(F)c1. The highest BCUT2D eigenvalue weighted by molar-refractivity contribution is 9.10. The summed E-state index contributed by atoms with van der Waals surface area (Å²) in [6.07, 6.45) is 2.70. The first-order chi connectivity index (χ1) is 8.15. The molecule has 0 unspecified atom stereocenters. The molecule has 2 nitrogen and oxygen atoms in total. The van der Waals surface area contributed by atoms with Crippen LogP contribution in [0.5, 0.6) is 0 Å². The number of Topliss-reactive ketones (excluding diaryl/α,β-unsaturated/α-hetero) is 1. The largest absolute Gasteiger partial charge is 0.294 e. The van der Waals surface area contributed by atoms with Crippen LogP contribution in [-0.4, -0.2) is 10.8 Å². The van der Waals surface area contributed by atoms with Crippen LogP contribution in [0.2, 0.25) is 0 Å². The minimum Gasteiger partial charge on any atom is -0.294 e. The fourth-order valence-electron chi connectivity index (χ4n) is 1.50. The van der Waals surface area contributed by atoms with E-state index in [1.54, 1.807) is 0 Å². The summed E-state index contributed by atoms with van der Waals surface area (Å²) in [6, 6.07) is 8.67. The van der Waals surface area contributed by atoms with E-state index in [1.165, 1.54) is 12.3 Å². The molecular weight excluding hydrogens is 285 g/mol. The highest BCUT2D eigenvalue weighted by Gasteiger charge is 2.08. The number of aromatic nitrogens is 1. The Balaban J connectivity index is 2.17. The van der Waals surface area contributed by atoms with Gasteiger partial charge in [0, 0.05) is 22.7 Å². The molecule has 1 aromatic heterocycles. The van der Waals surface area contributed by atoms with Crippen molar-refractivity contribution in [2.75, 3.05) is 0 Å². The molecule has 0 saturated heterocycles. The number of ketones is 1. The van der Waals surface area contributed by atoms with E-state index in [0.29, 0.717) is 5.56 Å². The van der Waals surface area contributed by atoms with E-state index >= 15 is 0 Å². The molecule has 0 atom stereocenters. The van der Waals surface area contributed by atoms with Gasteiger partial charge in [-0.25, -0.2) is 4.39 Å². The Hall–Kier alpha value is -1.55. The monoisotopic (exact) mass is 293 g/mol. The normalized spacial score (nSPS) is 10.2. The van der Waals surface area contributed by atoms with Gasteiger partial charge in [0.1, 0.15) is 5.82 Å². The first-order valence-electron chi connectivity index (χ1n) is 5.03. The number of hydrogen-bond acceptors (Lipinski definition) is 2. The number of rotatable bonds is 3. The lowest BCUT2D eigenvalue weighted by molar-refractivity contribution is 0.0992. The van der Waals surface area contributed by atoms with Crippen LogP contribution in [0.25, 0.3) is 0 Å². The van der Waals surface area contributed by atoms with E-state index in [1.807, 2.05) is 24.3 Å². The molecule has 2 rings (SSSR count). The zero-order valence-corrected chi connectivity index (χ0v) is 10.4. The zero-order valence-electron chi connectivity index (χ0n) is 8.86. The van der Waals surface area contributed by atoms with E-state index in [9.17, 15) is 9.18 Å². The molecule has 0 aliphatic heterocycles. The van der Waals surface area contributed by atoms with Gasteiger partial charge in [0.15, 0.2) is 5.78 Å². The van der Waals surface area contributed by atoms with E-state index in [2.05, 4.69) is 20.9 Å². The maximum absolute atomic E-state index is 12.9. The number of pyridine rings is 1. The fourth-order valence-corrected chi connectivity index (χ4v) is 1.95. The van der Waals surface area contributed by atoms with Crippen LogP contribution >= 0.6 is 15.9 Å². The van der Waals surface area contributed by atoms with Crippen molar-refractivity contribution in [1.29, 1.82) is 0 Å². The highest BCUT2D eigenvalue weighted by Crippen LogP contribution is 2.14. The van der Waals surface area contributed by atoms with Gasteiger partial charge < -0.3 is 0 Å². The number of carbonyl (C=O) groups excluding carboxylic acids is 1. The van der Waals surface area contributed by atoms with Crippen LogP contribution in [0.15, 0.2) is 47.2 Å². The summed E-state index contributed by atoms with van der Waals surface area (Å²) in [5, 5.41) is 0. The Labute approximate surface area is 107 Å². The molecule has 4 heteroatoms. The van der Waals surface area contributed by atoms with Crippen molar-refractivity contribution < 1.29 is 9.18 Å². The molecule has 1 heterocycles. The molecule has 2 aromatic rings. The van der Waals surface area contributed by atoms with Crippen LogP contribution in [-0.2, 0) is 6.42 Å². The van der Waals surface area contributed by atoms with Gasteiger partial charge in [0.05, 0.1) is 6.20 Å². The molecule has 0 bridgehead atoms. The number of hydrogen-bond donors (Lipinski definition) is 0. The summed E-state index contributed by atoms with van der Waals surface area (Å²) >= 11 is 3.34. The number of halogens is 2. The quantitative estimate of drug-likeness (QED) is 0.812. The Kier molecular flexibility index (Phi) is 3.64. The first-order valence-corrected chi connectivity index (χ1v) is 5.82. The molecule has 1 aromatic carbocycles. The lowest BCUT2D eigenvalue weighted by atomic mass is 10.0. The van der Waals surface area contributed by atoms with E-state index in [4.69, 9.17) is 0 Å². The maximum atomic E-state index is 12.9. The molecule has 0 spiro atoms. The summed E-state index contributed by atoms with van der Waals surface area (Å²) in [4.78, 5) is 15.5. The van der Waals surface area contributed by atoms with Gasteiger partial charge in [-0.05, 0) is 23.8 Å². The predicted molar refractivity (Wildman–Crippen MR) is 66.4 cm³/mol. The van der Waals surface area contributed by atoms with E-state index < -0.39 is 5.82 Å². The average molecular weight is 294 g/mol. The molecule has 0 N–H and O–H groups in total. The van der Waals surface area contributed by atoms with Crippen LogP contribution in [0.1, 0.15) is 15.9 Å². The molecular formula is C13H9BrFNO. The third kappa shape index (κ3) is 3.20. The molecule has 0 fully saturated rings. The van der Waals surface area contributed by atoms with Crippen molar-refractivity contribution in [3.8, 4) is 0 Å². The third-order valence-corrected chi connectivity index (χ3v) is 2.77. The molecule has 86 valence electrons. The smallest absolute Gasteiger partial charge is 0.168 e. The second kappa shape index (κ2) is 5.19. The van der Waals surface area contributed by atoms with Crippen molar-refractivity contribution in [2.45, 2.75) is 6.42 Å². The highest BCUT2D eigenvalue weighted by atomic mass is 79.9. The second-order valence-corrected chi connectivity index (χ2v) is 4.54. The third-order valence-electron chi connectivity index (χ3n) is 2.28. The Morgan fingerprint density at radius 2 is 2.12 bits per heavy atom. The second-order valence-electron chi connectivity index (χ2n) is 3.62. The van der Waals surface area contributed by atoms with E-state index in [-0.39, 0.29) is 12.2 Å². The van der Waals surface area contributed by atoms with Crippen molar-refractivity contribution in [3.63, 3.8) is 0 Å². The van der Waals surface area contributed by atoms with Gasteiger partial charge in [-0.3, -0.25) is 9.78 Å². The summed E-state index contributed by atoms with van der Waals surface area (Å²) in [7, 11) is 0. The standard InChI is InChI=1S/C13H9BrFNO/c14-11-3-1-2-9(4-11)5-13(17)10-6-12(15)8-16-7-10/h1-4,6-8H,5H2. The van der Waals surface area contributed by atoms with Gasteiger partial charge in [0.25, 0.3) is 0 Å². The summed E-state index contributed by atoms with van der Waals surface area (Å²) < 4.78 is 13.8. The van der Waals surface area contributed by atoms with Gasteiger partial charge in [0.2, 0.25) is 0 Å². The fraction of sp³-hybridized carbons (Fsp3) is 0.0769. The minimum atomic E-state index is -0.495. The van der Waals surface area contributed by atoms with Crippen molar-refractivity contribution >= 4 is 21.7 Å². The van der Waals surface area contributed by atoms with E-state index in [0.717, 1.165) is 16.2 Å². The molecule has 0 amide bonds. The first kappa shape index (κ1) is 11.9. The number of nitrogens with zero attached hydrogens (tertiary/aromatic N) is 1. The lowest BCUT2D eigenvalue weighted by Gasteiger charge is -2.02. The maximum Gasteiger partial charge on any atom is 0.168 e. The van der Waals surface area contributed by atoms with Gasteiger partial charge in [-0.15, -0.1) is 0 Å². The number of carbonyl (C=O) groups is 1. The van der Waals surface area contributed by atoms with Crippen molar-refractivity contribution in [2.24, 2.45) is 0 Å². The molecule has 0 radical (unpaired) electrons. The molecule has 0 aliphatic carbocycles.